The molecule has 1 N–H and O–H groups in total. The molecule has 1 spiro atoms. The number of halogens is 1. The van der Waals surface area contributed by atoms with Crippen LogP contribution in [0.25, 0.3) is 0 Å². The first-order valence-corrected chi connectivity index (χ1v) is 7.38. The zero-order valence-corrected chi connectivity index (χ0v) is 11.2. The summed E-state index contributed by atoms with van der Waals surface area (Å²) in [6, 6.07) is 5.87. The lowest BCUT2D eigenvalue weighted by Crippen LogP contribution is -2.41. The van der Waals surface area contributed by atoms with E-state index < -0.39 is 0 Å². The normalized spacial score (nSPS) is 32.5. The van der Waals surface area contributed by atoms with Gasteiger partial charge in [0.25, 0.3) is 0 Å². The Morgan fingerprint density at radius 3 is 3.12 bits per heavy atom. The van der Waals surface area contributed by atoms with Gasteiger partial charge in [-0.2, -0.15) is 11.8 Å². The van der Waals surface area contributed by atoms with Crippen LogP contribution in [0.5, 0.6) is 5.75 Å². The first kappa shape index (κ1) is 10.9. The van der Waals surface area contributed by atoms with Crippen LogP contribution in [0, 0.1) is 0 Å². The molecule has 2 heterocycles. The van der Waals surface area contributed by atoms with E-state index in [1.165, 1.54) is 0 Å². The van der Waals surface area contributed by atoms with Crippen LogP contribution in [0.2, 0.25) is 0 Å². The topological polar surface area (TPSA) is 29.5 Å². The van der Waals surface area contributed by atoms with Gasteiger partial charge in [0, 0.05) is 22.2 Å². The fourth-order valence-corrected chi connectivity index (χ4v) is 4.17. The van der Waals surface area contributed by atoms with E-state index in [1.54, 1.807) is 0 Å². The highest BCUT2D eigenvalue weighted by atomic mass is 79.9. The second kappa shape index (κ2) is 3.93. The molecule has 0 aliphatic carbocycles. The molecule has 0 radical (unpaired) electrons. The molecule has 2 aliphatic rings. The van der Waals surface area contributed by atoms with Crippen molar-refractivity contribution in [2.45, 2.75) is 24.5 Å². The molecule has 2 nitrogen and oxygen atoms in total. The highest BCUT2D eigenvalue weighted by Gasteiger charge is 2.43. The van der Waals surface area contributed by atoms with Crippen LogP contribution in [0.15, 0.2) is 22.7 Å². The number of hydrogen-bond acceptors (Lipinski definition) is 3. The molecular formula is C12H13BrO2S. The monoisotopic (exact) mass is 300 g/mol. The van der Waals surface area contributed by atoms with Gasteiger partial charge in [-0.1, -0.05) is 15.9 Å². The van der Waals surface area contributed by atoms with Gasteiger partial charge in [-0.25, -0.2) is 0 Å². The number of fused-ring (bicyclic) bond motifs is 1. The summed E-state index contributed by atoms with van der Waals surface area (Å²) in [5.41, 5.74) is 0.794. The number of aliphatic hydroxyl groups excluding tert-OH is 1. The zero-order valence-electron chi connectivity index (χ0n) is 8.78. The van der Waals surface area contributed by atoms with Crippen molar-refractivity contribution in [3.05, 3.63) is 28.2 Å². The smallest absolute Gasteiger partial charge is 0.126 e. The van der Waals surface area contributed by atoms with Gasteiger partial charge < -0.3 is 9.84 Å². The van der Waals surface area contributed by atoms with Crippen molar-refractivity contribution in [2.24, 2.45) is 0 Å². The van der Waals surface area contributed by atoms with Crippen molar-refractivity contribution >= 4 is 27.7 Å². The van der Waals surface area contributed by atoms with Gasteiger partial charge in [-0.05, 0) is 30.4 Å². The van der Waals surface area contributed by atoms with Crippen molar-refractivity contribution in [3.63, 3.8) is 0 Å². The van der Waals surface area contributed by atoms with Gasteiger partial charge in [0.2, 0.25) is 0 Å². The molecule has 1 fully saturated rings. The summed E-state index contributed by atoms with van der Waals surface area (Å²) in [5, 5.41) is 10.2. The van der Waals surface area contributed by atoms with Crippen LogP contribution < -0.4 is 4.74 Å². The number of benzene rings is 1. The summed E-state index contributed by atoms with van der Waals surface area (Å²) >= 11 is 5.34. The average molecular weight is 301 g/mol. The average Bonchev–Trinajstić information content (AvgIpc) is 2.68. The molecule has 1 saturated heterocycles. The Bertz CT molecular complexity index is 415. The fourth-order valence-electron chi connectivity index (χ4n) is 2.44. The molecule has 4 heteroatoms. The Kier molecular flexibility index (Phi) is 2.68. The third kappa shape index (κ3) is 1.77. The summed E-state index contributed by atoms with van der Waals surface area (Å²) < 4.78 is 7.10. The highest BCUT2D eigenvalue weighted by molar-refractivity contribution is 9.10. The van der Waals surface area contributed by atoms with Gasteiger partial charge in [0.15, 0.2) is 0 Å². The third-order valence-corrected chi connectivity index (χ3v) is 5.01. The van der Waals surface area contributed by atoms with Gasteiger partial charge >= 0.3 is 0 Å². The Hall–Kier alpha value is -0.190. The highest BCUT2D eigenvalue weighted by Crippen LogP contribution is 2.46. The van der Waals surface area contributed by atoms with Crippen molar-refractivity contribution in [1.82, 2.24) is 0 Å². The maximum Gasteiger partial charge on any atom is 0.126 e. The van der Waals surface area contributed by atoms with Crippen LogP contribution in [-0.4, -0.2) is 22.2 Å². The molecule has 2 unspecified atom stereocenters. The Morgan fingerprint density at radius 1 is 1.50 bits per heavy atom. The standard InChI is InChI=1S/C12H13BrO2S/c13-8-1-2-11-9(5-8)10(14)6-12(15-11)3-4-16-7-12/h1-2,5,10,14H,3-4,6-7H2. The van der Waals surface area contributed by atoms with Gasteiger partial charge in [-0.3, -0.25) is 0 Å². The number of thioether (sulfide) groups is 1. The minimum atomic E-state index is -0.389. The number of aliphatic hydroxyl groups is 1. The maximum absolute atomic E-state index is 10.2. The molecule has 0 saturated carbocycles. The van der Waals surface area contributed by atoms with Crippen LogP contribution in [0.3, 0.4) is 0 Å². The largest absolute Gasteiger partial charge is 0.486 e. The first-order valence-electron chi connectivity index (χ1n) is 5.43. The minimum Gasteiger partial charge on any atom is -0.486 e. The quantitative estimate of drug-likeness (QED) is 0.798. The van der Waals surface area contributed by atoms with E-state index in [0.29, 0.717) is 0 Å². The van der Waals surface area contributed by atoms with E-state index in [2.05, 4.69) is 15.9 Å². The SMILES string of the molecule is OC1CC2(CCSC2)Oc2ccc(Br)cc21. The lowest BCUT2D eigenvalue weighted by atomic mass is 9.88. The number of ether oxygens (including phenoxy) is 1. The van der Waals surface area contributed by atoms with Crippen LogP contribution in [0.4, 0.5) is 0 Å². The molecule has 3 rings (SSSR count). The molecule has 2 atom stereocenters. The summed E-state index contributed by atoms with van der Waals surface area (Å²) in [4.78, 5) is 0. The lowest BCUT2D eigenvalue weighted by Gasteiger charge is -2.37. The van der Waals surface area contributed by atoms with Gasteiger partial charge in [0.1, 0.15) is 11.4 Å². The molecule has 0 aromatic heterocycles. The first-order chi connectivity index (χ1) is 7.69. The molecule has 0 amide bonds. The second-order valence-corrected chi connectivity index (χ2v) is 6.51. The van der Waals surface area contributed by atoms with E-state index in [9.17, 15) is 5.11 Å². The molecule has 1 aromatic rings. The minimum absolute atomic E-state index is 0.120. The Morgan fingerprint density at radius 2 is 2.38 bits per heavy atom. The summed E-state index contributed by atoms with van der Waals surface area (Å²) in [5.74, 6) is 2.99. The summed E-state index contributed by atoms with van der Waals surface area (Å²) in [7, 11) is 0. The zero-order chi connectivity index (χ0) is 11.2. The van der Waals surface area contributed by atoms with Crippen molar-refractivity contribution in [1.29, 1.82) is 0 Å². The summed E-state index contributed by atoms with van der Waals surface area (Å²) in [6.45, 7) is 0. The molecule has 16 heavy (non-hydrogen) atoms. The van der Waals surface area contributed by atoms with E-state index in [-0.39, 0.29) is 11.7 Å². The Labute approximate surface area is 108 Å². The van der Waals surface area contributed by atoms with Crippen LogP contribution in [0.1, 0.15) is 24.5 Å². The van der Waals surface area contributed by atoms with Crippen LogP contribution >= 0.6 is 27.7 Å². The molecule has 1 aromatic carbocycles. The lowest BCUT2D eigenvalue weighted by molar-refractivity contribution is 0.00403. The Balaban J connectivity index is 1.99. The molecule has 0 bridgehead atoms. The predicted molar refractivity (Wildman–Crippen MR) is 69.0 cm³/mol. The van der Waals surface area contributed by atoms with E-state index >= 15 is 0 Å². The predicted octanol–water partition coefficient (Wildman–Crippen LogP) is 3.14. The van der Waals surface area contributed by atoms with E-state index in [0.717, 1.165) is 40.1 Å². The van der Waals surface area contributed by atoms with E-state index in [1.807, 2.05) is 30.0 Å². The molecule has 86 valence electrons. The van der Waals surface area contributed by atoms with Crippen molar-refractivity contribution < 1.29 is 9.84 Å². The molecule has 2 aliphatic heterocycles. The summed E-state index contributed by atoms with van der Waals surface area (Å²) in [6.07, 6.45) is 1.38. The number of rotatable bonds is 0. The fraction of sp³-hybridized carbons (Fsp3) is 0.500. The van der Waals surface area contributed by atoms with Gasteiger partial charge in [0.05, 0.1) is 6.10 Å². The van der Waals surface area contributed by atoms with Crippen molar-refractivity contribution in [2.75, 3.05) is 11.5 Å². The van der Waals surface area contributed by atoms with E-state index in [4.69, 9.17) is 4.74 Å². The molecular weight excluding hydrogens is 288 g/mol. The van der Waals surface area contributed by atoms with Crippen molar-refractivity contribution in [3.8, 4) is 5.75 Å². The van der Waals surface area contributed by atoms with Gasteiger partial charge in [-0.15, -0.1) is 0 Å². The van der Waals surface area contributed by atoms with Crippen LogP contribution in [-0.2, 0) is 0 Å². The third-order valence-electron chi connectivity index (χ3n) is 3.29. The maximum atomic E-state index is 10.2. The number of hydrogen-bond donors (Lipinski definition) is 1. The second-order valence-electron chi connectivity index (χ2n) is 4.49.